The maximum Gasteiger partial charge on any atom is 0.0988 e. The molecule has 6 nitrogen and oxygen atoms in total. The number of methoxy groups -OCH3 is 1. The molecule has 0 heterocycles. The fourth-order valence-corrected chi connectivity index (χ4v) is 1.99. The van der Waals surface area contributed by atoms with E-state index in [2.05, 4.69) is 6.92 Å². The first-order valence-corrected chi connectivity index (χ1v) is 7.42. The average molecular weight is 291 g/mol. The van der Waals surface area contributed by atoms with Gasteiger partial charge in [0, 0.05) is 19.8 Å². The molecule has 0 aromatic carbocycles. The zero-order valence-electron chi connectivity index (χ0n) is 12.7. The lowest BCUT2D eigenvalue weighted by atomic mass is 9.86. The predicted molar refractivity (Wildman–Crippen MR) is 75.9 cm³/mol. The van der Waals surface area contributed by atoms with Gasteiger partial charge in [0.15, 0.2) is 0 Å². The summed E-state index contributed by atoms with van der Waals surface area (Å²) < 4.78 is 26.9. The van der Waals surface area contributed by atoms with E-state index in [0.29, 0.717) is 39.6 Å². The van der Waals surface area contributed by atoms with Crippen LogP contribution in [0.3, 0.4) is 0 Å². The van der Waals surface area contributed by atoms with Gasteiger partial charge >= 0.3 is 0 Å². The molecule has 1 rings (SSSR count). The van der Waals surface area contributed by atoms with Crippen LogP contribution in [0.15, 0.2) is 0 Å². The Kier molecular flexibility index (Phi) is 10.2. The lowest BCUT2D eigenvalue weighted by Crippen LogP contribution is -2.58. The summed E-state index contributed by atoms with van der Waals surface area (Å²) in [6, 6.07) is 0.113. The Morgan fingerprint density at radius 2 is 1.55 bits per heavy atom. The van der Waals surface area contributed by atoms with Gasteiger partial charge in [0.05, 0.1) is 51.8 Å². The van der Waals surface area contributed by atoms with Crippen molar-refractivity contribution in [1.82, 2.24) is 0 Å². The maximum atomic E-state index is 5.90. The molecule has 0 radical (unpaired) electrons. The van der Waals surface area contributed by atoms with Crippen molar-refractivity contribution in [2.45, 2.75) is 38.0 Å². The smallest absolute Gasteiger partial charge is 0.0988 e. The highest BCUT2D eigenvalue weighted by Gasteiger charge is 2.40. The van der Waals surface area contributed by atoms with Crippen molar-refractivity contribution in [2.75, 3.05) is 53.4 Å². The Balaban J connectivity index is 1.88. The molecular weight excluding hydrogens is 262 g/mol. The van der Waals surface area contributed by atoms with Crippen LogP contribution in [0.5, 0.6) is 0 Å². The predicted octanol–water partition coefficient (Wildman–Crippen LogP) is 0.577. The number of hydrogen-bond donors (Lipinski definition) is 1. The van der Waals surface area contributed by atoms with Gasteiger partial charge in [-0.3, -0.25) is 0 Å². The van der Waals surface area contributed by atoms with Crippen molar-refractivity contribution in [3.8, 4) is 0 Å². The Bertz CT molecular complexity index is 230. The lowest BCUT2D eigenvalue weighted by molar-refractivity contribution is -0.146. The van der Waals surface area contributed by atoms with E-state index >= 15 is 0 Å². The van der Waals surface area contributed by atoms with Crippen molar-refractivity contribution < 1.29 is 23.7 Å². The number of nitrogens with two attached hydrogens (primary N) is 1. The third-order valence-corrected chi connectivity index (χ3v) is 3.17. The van der Waals surface area contributed by atoms with Crippen molar-refractivity contribution in [2.24, 2.45) is 5.73 Å². The molecule has 0 aromatic rings. The van der Waals surface area contributed by atoms with Crippen molar-refractivity contribution in [3.05, 3.63) is 0 Å². The fourth-order valence-electron chi connectivity index (χ4n) is 1.99. The third-order valence-electron chi connectivity index (χ3n) is 3.17. The van der Waals surface area contributed by atoms with E-state index in [4.69, 9.17) is 29.4 Å². The largest absolute Gasteiger partial charge is 0.382 e. The number of hydrogen-bond acceptors (Lipinski definition) is 6. The number of rotatable bonds is 13. The van der Waals surface area contributed by atoms with E-state index in [0.717, 1.165) is 19.4 Å². The zero-order chi connectivity index (χ0) is 14.6. The van der Waals surface area contributed by atoms with Gasteiger partial charge in [0.25, 0.3) is 0 Å². The molecule has 1 aliphatic carbocycles. The zero-order valence-corrected chi connectivity index (χ0v) is 12.7. The van der Waals surface area contributed by atoms with Gasteiger partial charge in [-0.25, -0.2) is 0 Å². The molecule has 6 heteroatoms. The summed E-state index contributed by atoms with van der Waals surface area (Å²) in [6.07, 6.45) is 2.04. The summed E-state index contributed by atoms with van der Waals surface area (Å²) >= 11 is 0. The average Bonchev–Trinajstić information content (AvgIpc) is 2.44. The molecule has 0 saturated heterocycles. The van der Waals surface area contributed by atoms with Crippen LogP contribution in [-0.2, 0) is 23.7 Å². The standard InChI is InChI=1S/C14H29NO5/c1-3-4-20-14-12(15)11-13(14)19-10-9-18-8-7-17-6-5-16-2/h12-14H,3-11,15H2,1-2H3. The SMILES string of the molecule is CCCOC1C(N)CC1OCCOCCOCCOC. The summed E-state index contributed by atoms with van der Waals surface area (Å²) in [6.45, 7) is 6.35. The lowest BCUT2D eigenvalue weighted by Gasteiger charge is -2.41. The second-order valence-corrected chi connectivity index (χ2v) is 4.86. The van der Waals surface area contributed by atoms with Gasteiger partial charge < -0.3 is 29.4 Å². The van der Waals surface area contributed by atoms with Crippen LogP contribution in [0.1, 0.15) is 19.8 Å². The molecule has 0 amide bonds. The van der Waals surface area contributed by atoms with Crippen molar-refractivity contribution in [3.63, 3.8) is 0 Å². The van der Waals surface area contributed by atoms with Crippen LogP contribution >= 0.6 is 0 Å². The summed E-state index contributed by atoms with van der Waals surface area (Å²) in [5.74, 6) is 0. The van der Waals surface area contributed by atoms with Crippen LogP contribution in [-0.4, -0.2) is 71.6 Å². The first kappa shape index (κ1) is 17.8. The molecule has 1 aliphatic rings. The molecule has 20 heavy (non-hydrogen) atoms. The van der Waals surface area contributed by atoms with Gasteiger partial charge in [-0.1, -0.05) is 6.92 Å². The van der Waals surface area contributed by atoms with Gasteiger partial charge in [-0.2, -0.15) is 0 Å². The Morgan fingerprint density at radius 3 is 2.15 bits per heavy atom. The van der Waals surface area contributed by atoms with Crippen LogP contribution < -0.4 is 5.73 Å². The van der Waals surface area contributed by atoms with Crippen molar-refractivity contribution in [1.29, 1.82) is 0 Å². The molecule has 2 N–H and O–H groups in total. The van der Waals surface area contributed by atoms with E-state index < -0.39 is 0 Å². The molecule has 0 bridgehead atoms. The molecule has 1 saturated carbocycles. The second kappa shape index (κ2) is 11.4. The molecule has 3 atom stereocenters. The highest BCUT2D eigenvalue weighted by molar-refractivity contribution is 4.95. The Hall–Kier alpha value is -0.240. The molecule has 0 aliphatic heterocycles. The maximum absolute atomic E-state index is 5.90. The van der Waals surface area contributed by atoms with Crippen LogP contribution in [0.2, 0.25) is 0 Å². The summed E-state index contributed by atoms with van der Waals surface area (Å²) in [4.78, 5) is 0. The fraction of sp³-hybridized carbons (Fsp3) is 1.00. The van der Waals surface area contributed by atoms with E-state index in [1.54, 1.807) is 7.11 Å². The molecule has 0 spiro atoms. The summed E-state index contributed by atoms with van der Waals surface area (Å²) in [7, 11) is 1.65. The normalized spacial score (nSPS) is 25.6. The molecule has 0 aromatic heterocycles. The topological polar surface area (TPSA) is 72.2 Å². The van der Waals surface area contributed by atoms with Crippen LogP contribution in [0, 0.1) is 0 Å². The Labute approximate surface area is 121 Å². The van der Waals surface area contributed by atoms with Crippen LogP contribution in [0.25, 0.3) is 0 Å². The summed E-state index contributed by atoms with van der Waals surface area (Å²) in [5.41, 5.74) is 5.90. The third kappa shape index (κ3) is 6.97. The molecule has 120 valence electrons. The first-order chi connectivity index (χ1) is 9.79. The molecule has 1 fully saturated rings. The van der Waals surface area contributed by atoms with Gasteiger partial charge in [-0.15, -0.1) is 0 Å². The highest BCUT2D eigenvalue weighted by atomic mass is 16.6. The van der Waals surface area contributed by atoms with E-state index in [-0.39, 0.29) is 18.2 Å². The minimum absolute atomic E-state index is 0.0485. The van der Waals surface area contributed by atoms with Gasteiger partial charge in [-0.05, 0) is 12.8 Å². The van der Waals surface area contributed by atoms with Crippen LogP contribution in [0.4, 0.5) is 0 Å². The quantitative estimate of drug-likeness (QED) is 0.500. The van der Waals surface area contributed by atoms with Crippen molar-refractivity contribution >= 4 is 0 Å². The summed E-state index contributed by atoms with van der Waals surface area (Å²) in [5, 5.41) is 0. The van der Waals surface area contributed by atoms with Gasteiger partial charge in [0.2, 0.25) is 0 Å². The minimum Gasteiger partial charge on any atom is -0.382 e. The minimum atomic E-state index is 0.0485. The number of ether oxygens (including phenoxy) is 5. The molecule has 3 unspecified atom stereocenters. The highest BCUT2D eigenvalue weighted by Crippen LogP contribution is 2.25. The molecular formula is C14H29NO5. The second-order valence-electron chi connectivity index (χ2n) is 4.86. The first-order valence-electron chi connectivity index (χ1n) is 7.42. The van der Waals surface area contributed by atoms with E-state index in [1.165, 1.54) is 0 Å². The van der Waals surface area contributed by atoms with E-state index in [9.17, 15) is 0 Å². The van der Waals surface area contributed by atoms with Gasteiger partial charge in [0.1, 0.15) is 0 Å². The monoisotopic (exact) mass is 291 g/mol. The van der Waals surface area contributed by atoms with E-state index in [1.807, 2.05) is 0 Å². The Morgan fingerprint density at radius 1 is 0.900 bits per heavy atom.